The molecular weight excluding hydrogens is 430 g/mol. The normalized spacial score (nSPS) is 15.7. The first-order chi connectivity index (χ1) is 15.2. The molecular formula is C25H26ClNO5. The molecule has 1 aliphatic heterocycles. The monoisotopic (exact) mass is 455 g/mol. The molecule has 1 N–H and O–H groups in total. The van der Waals surface area contributed by atoms with E-state index in [0.29, 0.717) is 53.2 Å². The van der Waals surface area contributed by atoms with Crippen molar-refractivity contribution < 1.29 is 19.1 Å². The van der Waals surface area contributed by atoms with Gasteiger partial charge in [0.05, 0.1) is 11.0 Å². The molecule has 32 heavy (non-hydrogen) atoms. The number of fused-ring (bicyclic) bond motifs is 1. The van der Waals surface area contributed by atoms with Crippen LogP contribution in [0.5, 0.6) is 5.75 Å². The molecule has 3 aromatic rings. The van der Waals surface area contributed by atoms with Gasteiger partial charge in [-0.15, -0.1) is 0 Å². The predicted molar refractivity (Wildman–Crippen MR) is 123 cm³/mol. The number of benzene rings is 2. The molecule has 0 saturated carbocycles. The Morgan fingerprint density at radius 1 is 1.12 bits per heavy atom. The Morgan fingerprint density at radius 3 is 2.44 bits per heavy atom. The van der Waals surface area contributed by atoms with Crippen molar-refractivity contribution in [1.82, 2.24) is 4.90 Å². The first-order valence-corrected chi connectivity index (χ1v) is 11.0. The Morgan fingerprint density at radius 2 is 1.78 bits per heavy atom. The molecule has 6 nitrogen and oxygen atoms in total. The van der Waals surface area contributed by atoms with Crippen molar-refractivity contribution in [3.8, 4) is 5.75 Å². The highest BCUT2D eigenvalue weighted by Crippen LogP contribution is 2.34. The summed E-state index contributed by atoms with van der Waals surface area (Å²) in [6.45, 7) is 6.18. The van der Waals surface area contributed by atoms with Crippen LogP contribution in [-0.2, 0) is 10.4 Å². The van der Waals surface area contributed by atoms with Gasteiger partial charge in [-0.3, -0.25) is 4.79 Å². The summed E-state index contributed by atoms with van der Waals surface area (Å²) in [5, 5.41) is 12.3. The van der Waals surface area contributed by atoms with Crippen LogP contribution >= 0.6 is 11.6 Å². The molecule has 0 aliphatic carbocycles. The van der Waals surface area contributed by atoms with Gasteiger partial charge in [0, 0.05) is 23.7 Å². The number of likely N-dealkylation sites (tertiary alicyclic amines) is 1. The number of ether oxygens (including phenoxy) is 1. The van der Waals surface area contributed by atoms with E-state index in [1.807, 2.05) is 32.0 Å². The van der Waals surface area contributed by atoms with Gasteiger partial charge in [-0.1, -0.05) is 23.7 Å². The largest absolute Gasteiger partial charge is 0.483 e. The zero-order valence-corrected chi connectivity index (χ0v) is 19.2. The van der Waals surface area contributed by atoms with Crippen molar-refractivity contribution in [1.29, 1.82) is 0 Å². The molecule has 4 rings (SSSR count). The molecule has 1 amide bonds. The molecule has 0 bridgehead atoms. The topological polar surface area (TPSA) is 80.0 Å². The van der Waals surface area contributed by atoms with Crippen LogP contribution in [0, 0.1) is 20.8 Å². The molecule has 0 atom stereocenters. The number of aryl methyl sites for hydroxylation is 2. The number of aliphatic hydroxyl groups is 1. The number of hydrogen-bond acceptors (Lipinski definition) is 5. The lowest BCUT2D eigenvalue weighted by atomic mass is 9.84. The summed E-state index contributed by atoms with van der Waals surface area (Å²) in [4.78, 5) is 26.6. The van der Waals surface area contributed by atoms with Gasteiger partial charge >= 0.3 is 5.63 Å². The summed E-state index contributed by atoms with van der Waals surface area (Å²) in [6, 6.07) is 10.8. The molecule has 0 radical (unpaired) electrons. The molecule has 7 heteroatoms. The second-order valence-electron chi connectivity index (χ2n) is 8.48. The SMILES string of the molecule is Cc1cc(OCC(=O)N2CCC(O)(c3ccc(Cl)cc3)CC2)c2c(C)c(C)c(=O)oc2c1. The Hall–Kier alpha value is -2.83. The third-order valence-corrected chi connectivity index (χ3v) is 6.58. The number of nitrogens with zero attached hydrogens (tertiary/aromatic N) is 1. The number of piperidine rings is 1. The second-order valence-corrected chi connectivity index (χ2v) is 8.92. The van der Waals surface area contributed by atoms with Crippen molar-refractivity contribution in [3.63, 3.8) is 0 Å². The Bertz CT molecular complexity index is 1220. The fourth-order valence-electron chi connectivity index (χ4n) is 4.21. The van der Waals surface area contributed by atoms with Gasteiger partial charge in [-0.05, 0) is 74.6 Å². The van der Waals surface area contributed by atoms with Crippen LogP contribution in [0.15, 0.2) is 45.6 Å². The standard InChI is InChI=1S/C25H26ClNO5/c1-15-12-20(23-16(2)17(3)24(29)32-21(23)13-15)31-14-22(28)27-10-8-25(30,9-11-27)18-4-6-19(26)7-5-18/h4-7,12-13,30H,8-11,14H2,1-3H3. The fourth-order valence-corrected chi connectivity index (χ4v) is 4.33. The lowest BCUT2D eigenvalue weighted by Crippen LogP contribution is -2.46. The summed E-state index contributed by atoms with van der Waals surface area (Å²) in [5.74, 6) is 0.372. The number of halogens is 1. The molecule has 1 aliphatic rings. The molecule has 0 unspecified atom stereocenters. The first kappa shape index (κ1) is 22.4. The quantitative estimate of drug-likeness (QED) is 0.594. The minimum atomic E-state index is -0.971. The minimum Gasteiger partial charge on any atom is -0.483 e. The predicted octanol–water partition coefficient (Wildman–Crippen LogP) is 4.26. The zero-order valence-electron chi connectivity index (χ0n) is 18.4. The molecule has 1 fully saturated rings. The smallest absolute Gasteiger partial charge is 0.339 e. The van der Waals surface area contributed by atoms with Crippen LogP contribution in [0.1, 0.15) is 35.1 Å². The van der Waals surface area contributed by atoms with Crippen molar-refractivity contribution >= 4 is 28.5 Å². The highest BCUT2D eigenvalue weighted by atomic mass is 35.5. The van der Waals surface area contributed by atoms with E-state index in [0.717, 1.165) is 16.7 Å². The van der Waals surface area contributed by atoms with E-state index >= 15 is 0 Å². The number of carbonyl (C=O) groups is 1. The van der Waals surface area contributed by atoms with E-state index in [1.54, 1.807) is 30.0 Å². The highest BCUT2D eigenvalue weighted by Gasteiger charge is 2.35. The van der Waals surface area contributed by atoms with Gasteiger partial charge in [0.25, 0.3) is 5.91 Å². The summed E-state index contributed by atoms with van der Waals surface area (Å²) >= 11 is 5.95. The maximum Gasteiger partial charge on any atom is 0.339 e. The van der Waals surface area contributed by atoms with Gasteiger partial charge in [-0.25, -0.2) is 4.79 Å². The van der Waals surface area contributed by atoms with Gasteiger partial charge in [-0.2, -0.15) is 0 Å². The van der Waals surface area contributed by atoms with E-state index in [1.165, 1.54) is 0 Å². The number of amides is 1. The van der Waals surface area contributed by atoms with Crippen LogP contribution in [0.25, 0.3) is 11.0 Å². The molecule has 2 aromatic carbocycles. The van der Waals surface area contributed by atoms with Crippen molar-refractivity contribution in [2.24, 2.45) is 0 Å². The summed E-state index contributed by atoms with van der Waals surface area (Å²) in [7, 11) is 0. The van der Waals surface area contributed by atoms with Crippen LogP contribution < -0.4 is 10.4 Å². The minimum absolute atomic E-state index is 0.129. The lowest BCUT2D eigenvalue weighted by Gasteiger charge is -2.38. The summed E-state index contributed by atoms with van der Waals surface area (Å²) in [6.07, 6.45) is 0.883. The third kappa shape index (κ3) is 4.25. The summed E-state index contributed by atoms with van der Waals surface area (Å²) in [5.41, 5.74) is 2.10. The van der Waals surface area contributed by atoms with Gasteiger partial charge < -0.3 is 19.2 Å². The Labute approximate surface area is 191 Å². The van der Waals surface area contributed by atoms with Crippen LogP contribution in [0.4, 0.5) is 0 Å². The number of rotatable bonds is 4. The van der Waals surface area contributed by atoms with Crippen LogP contribution in [-0.4, -0.2) is 35.6 Å². The highest BCUT2D eigenvalue weighted by molar-refractivity contribution is 6.30. The molecule has 1 aromatic heterocycles. The van der Waals surface area contributed by atoms with Gasteiger partial charge in [0.15, 0.2) is 6.61 Å². The Balaban J connectivity index is 1.46. The summed E-state index contributed by atoms with van der Waals surface area (Å²) < 4.78 is 11.3. The molecule has 168 valence electrons. The van der Waals surface area contributed by atoms with E-state index in [9.17, 15) is 14.7 Å². The second kappa shape index (κ2) is 8.60. The van der Waals surface area contributed by atoms with Gasteiger partial charge in [0.1, 0.15) is 11.3 Å². The lowest BCUT2D eigenvalue weighted by molar-refractivity contribution is -0.137. The van der Waals surface area contributed by atoms with E-state index in [4.69, 9.17) is 20.8 Å². The van der Waals surface area contributed by atoms with Crippen LogP contribution in [0.3, 0.4) is 0 Å². The molecule has 2 heterocycles. The van der Waals surface area contributed by atoms with Gasteiger partial charge in [0.2, 0.25) is 0 Å². The molecule has 1 saturated heterocycles. The van der Waals surface area contributed by atoms with E-state index < -0.39 is 5.60 Å². The van der Waals surface area contributed by atoms with Crippen molar-refractivity contribution in [3.05, 3.63) is 74.1 Å². The fraction of sp³-hybridized carbons (Fsp3) is 0.360. The average molecular weight is 456 g/mol. The maximum atomic E-state index is 12.8. The van der Waals surface area contributed by atoms with E-state index in [2.05, 4.69) is 0 Å². The number of hydrogen-bond donors (Lipinski definition) is 1. The van der Waals surface area contributed by atoms with E-state index in [-0.39, 0.29) is 18.1 Å². The first-order valence-electron chi connectivity index (χ1n) is 10.6. The third-order valence-electron chi connectivity index (χ3n) is 6.33. The molecule has 0 spiro atoms. The Kier molecular flexibility index (Phi) is 6.01. The maximum absolute atomic E-state index is 12.8. The zero-order chi connectivity index (χ0) is 23.0. The number of carbonyl (C=O) groups excluding carboxylic acids is 1. The average Bonchev–Trinajstić information content (AvgIpc) is 2.76. The van der Waals surface area contributed by atoms with Crippen molar-refractivity contribution in [2.75, 3.05) is 19.7 Å². The van der Waals surface area contributed by atoms with Crippen molar-refractivity contribution in [2.45, 2.75) is 39.2 Å². The van der Waals surface area contributed by atoms with Crippen LogP contribution in [0.2, 0.25) is 5.02 Å².